The summed E-state index contributed by atoms with van der Waals surface area (Å²) in [5.41, 5.74) is 2.83. The number of anilines is 1. The Morgan fingerprint density at radius 2 is 2.03 bits per heavy atom. The molecule has 0 unspecified atom stereocenters. The van der Waals surface area contributed by atoms with Crippen LogP contribution in [0.1, 0.15) is 50.9 Å². The Morgan fingerprint density at radius 1 is 1.22 bits per heavy atom. The van der Waals surface area contributed by atoms with Gasteiger partial charge in [0, 0.05) is 35.3 Å². The molecule has 10 nitrogen and oxygen atoms in total. The highest BCUT2D eigenvalue weighted by atomic mass is 35.5. The highest BCUT2D eigenvalue weighted by Gasteiger charge is 2.35. The van der Waals surface area contributed by atoms with Gasteiger partial charge in [0.15, 0.2) is 0 Å². The normalized spacial score (nSPS) is 23.2. The number of fused-ring (bicyclic) bond motifs is 1. The van der Waals surface area contributed by atoms with E-state index in [1.54, 1.807) is 12.1 Å². The monoisotopic (exact) mass is 584 g/mol. The molecule has 2 aliphatic rings. The van der Waals surface area contributed by atoms with E-state index >= 15 is 0 Å². The Hall–Kier alpha value is -2.16. The van der Waals surface area contributed by atoms with E-state index in [4.69, 9.17) is 32.5 Å². The van der Waals surface area contributed by atoms with E-state index in [0.717, 1.165) is 22.5 Å². The number of aliphatic hydroxyl groups is 1. The predicted molar refractivity (Wildman–Crippen MR) is 139 cm³/mol. The van der Waals surface area contributed by atoms with E-state index in [-0.39, 0.29) is 23.9 Å². The molecule has 2 aromatic heterocycles. The fourth-order valence-electron chi connectivity index (χ4n) is 4.72. The Balaban J connectivity index is 1.34. The minimum absolute atomic E-state index is 0.109. The smallest absolute Gasteiger partial charge is 0.333 e. The summed E-state index contributed by atoms with van der Waals surface area (Å²) in [6, 6.07) is 6.98. The van der Waals surface area contributed by atoms with Gasteiger partial charge in [-0.1, -0.05) is 29.3 Å². The second-order valence-corrected chi connectivity index (χ2v) is 12.3. The van der Waals surface area contributed by atoms with Gasteiger partial charge in [-0.2, -0.15) is 13.1 Å². The first-order valence-corrected chi connectivity index (χ1v) is 14.3. The number of carbonyl (C=O) groups is 1. The molecular formula is C23H22Cl2N4O6S2. The molecule has 0 bridgehead atoms. The summed E-state index contributed by atoms with van der Waals surface area (Å²) >= 11 is 13.9. The molecule has 1 aliphatic heterocycles. The van der Waals surface area contributed by atoms with Crippen LogP contribution in [0.25, 0.3) is 0 Å². The lowest BCUT2D eigenvalue weighted by Crippen LogP contribution is -2.32. The predicted octanol–water partition coefficient (Wildman–Crippen LogP) is 3.64. The number of rotatable bonds is 8. The lowest BCUT2D eigenvalue weighted by molar-refractivity contribution is 0.0941. The van der Waals surface area contributed by atoms with E-state index in [0.29, 0.717) is 45.1 Å². The number of nitrogens with one attached hydrogen (secondary N) is 2. The number of carbonyl (C=O) groups excluding carboxylic acids is 1. The first kappa shape index (κ1) is 26.4. The molecule has 4 N–H and O–H groups in total. The maximum Gasteiger partial charge on any atom is 0.333 e. The molecule has 1 saturated carbocycles. The van der Waals surface area contributed by atoms with Crippen LogP contribution >= 0.6 is 34.5 Å². The number of thiophene rings is 1. The van der Waals surface area contributed by atoms with Crippen molar-refractivity contribution >= 4 is 56.4 Å². The van der Waals surface area contributed by atoms with Crippen LogP contribution in [0.4, 0.5) is 5.82 Å². The first-order chi connectivity index (χ1) is 17.6. The fourth-order valence-corrected chi connectivity index (χ4v) is 6.60. The van der Waals surface area contributed by atoms with Crippen molar-refractivity contribution in [1.29, 1.82) is 0 Å². The third-order valence-corrected chi connectivity index (χ3v) is 8.65. The highest BCUT2D eigenvalue weighted by Crippen LogP contribution is 2.43. The summed E-state index contributed by atoms with van der Waals surface area (Å²) in [5, 5.41) is 14.1. The van der Waals surface area contributed by atoms with Crippen molar-refractivity contribution in [2.45, 2.75) is 37.7 Å². The summed E-state index contributed by atoms with van der Waals surface area (Å²) in [5.74, 6) is -0.448. The van der Waals surface area contributed by atoms with Crippen LogP contribution in [0, 0.1) is 5.92 Å². The summed E-state index contributed by atoms with van der Waals surface area (Å²) < 4.78 is 39.2. The number of aliphatic hydroxyl groups excluding tert-OH is 1. The topological polar surface area (TPSA) is 151 Å². The van der Waals surface area contributed by atoms with Crippen molar-refractivity contribution in [3.63, 3.8) is 0 Å². The SMILES string of the molecule is O=C(c1cc([C@H]2OCc3ccc(Cl)cc32)c(Cl)s1)c1cncnc1N[C@@H]1C[C@H](CNS(=O)(=O)O)[C@@H](O)C1. The van der Waals surface area contributed by atoms with Gasteiger partial charge in [-0.15, -0.1) is 11.3 Å². The summed E-state index contributed by atoms with van der Waals surface area (Å²) in [4.78, 5) is 22.1. The lowest BCUT2D eigenvalue weighted by atomic mass is 10.0. The van der Waals surface area contributed by atoms with Gasteiger partial charge in [0.2, 0.25) is 5.78 Å². The Kier molecular flexibility index (Phi) is 7.53. The molecule has 3 aromatic rings. The molecule has 196 valence electrons. The summed E-state index contributed by atoms with van der Waals surface area (Å²) in [6.45, 7) is 0.309. The number of benzene rings is 1. The number of halogens is 2. The van der Waals surface area contributed by atoms with E-state index in [1.165, 1.54) is 12.5 Å². The quantitative estimate of drug-likeness (QED) is 0.230. The molecule has 0 amide bonds. The molecule has 3 heterocycles. The zero-order valence-corrected chi connectivity index (χ0v) is 22.2. The van der Waals surface area contributed by atoms with E-state index in [1.807, 2.05) is 16.9 Å². The van der Waals surface area contributed by atoms with Crippen LogP contribution in [0.15, 0.2) is 36.8 Å². The van der Waals surface area contributed by atoms with E-state index in [2.05, 4.69) is 15.3 Å². The van der Waals surface area contributed by atoms with Crippen LogP contribution in [-0.2, 0) is 21.6 Å². The van der Waals surface area contributed by atoms with Crippen LogP contribution in [-0.4, -0.2) is 52.5 Å². The van der Waals surface area contributed by atoms with Gasteiger partial charge in [0.05, 0.1) is 27.5 Å². The minimum atomic E-state index is -4.36. The average Bonchev–Trinajstić information content (AvgIpc) is 3.53. The third kappa shape index (κ3) is 5.81. The number of nitrogens with zero attached hydrogens (tertiary/aromatic N) is 2. The molecule has 37 heavy (non-hydrogen) atoms. The molecule has 1 aliphatic carbocycles. The third-order valence-electron chi connectivity index (χ3n) is 6.50. The molecule has 0 spiro atoms. The molecule has 4 atom stereocenters. The maximum absolute atomic E-state index is 13.5. The van der Waals surface area contributed by atoms with Crippen LogP contribution in [0.2, 0.25) is 9.36 Å². The molecule has 0 radical (unpaired) electrons. The summed E-state index contributed by atoms with van der Waals surface area (Å²) in [7, 11) is -4.36. The number of hydrogen-bond donors (Lipinski definition) is 4. The van der Waals surface area contributed by atoms with Gasteiger partial charge < -0.3 is 15.2 Å². The molecule has 5 rings (SSSR count). The number of aromatic nitrogens is 2. The standard InChI is InChI=1S/C23H22Cl2N4O6S2/c24-13-2-1-11-9-35-21(15(11)4-13)16-6-19(36-22(16)25)20(31)17-8-26-10-27-23(17)29-14-3-12(18(30)5-14)7-28-37(32,33)34/h1-2,4,6,8,10,12,14,18,21,28,30H,3,5,7,9H2,(H,26,27,29)(H,32,33,34)/t12-,14-,18+,21+/m1/s1. The Labute approximate surface area is 226 Å². The van der Waals surface area contributed by atoms with E-state index < -0.39 is 28.4 Å². The number of ketones is 1. The van der Waals surface area contributed by atoms with Gasteiger partial charge in [-0.05, 0) is 42.2 Å². The molecule has 0 saturated heterocycles. The van der Waals surface area contributed by atoms with Crippen molar-refractivity contribution in [1.82, 2.24) is 14.7 Å². The Morgan fingerprint density at radius 3 is 2.81 bits per heavy atom. The molecule has 1 fully saturated rings. The van der Waals surface area contributed by atoms with Crippen LogP contribution in [0.5, 0.6) is 0 Å². The molecular weight excluding hydrogens is 563 g/mol. The second kappa shape index (κ2) is 10.5. The largest absolute Gasteiger partial charge is 0.393 e. The first-order valence-electron chi connectivity index (χ1n) is 11.3. The lowest BCUT2D eigenvalue weighted by Gasteiger charge is -2.15. The van der Waals surface area contributed by atoms with Crippen molar-refractivity contribution in [3.05, 3.63) is 73.3 Å². The van der Waals surface area contributed by atoms with Gasteiger partial charge in [0.1, 0.15) is 18.2 Å². The molecule has 1 aromatic carbocycles. The summed E-state index contributed by atoms with van der Waals surface area (Å²) in [6.07, 6.45) is 2.20. The van der Waals surface area contributed by atoms with Crippen molar-refractivity contribution in [2.75, 3.05) is 11.9 Å². The van der Waals surface area contributed by atoms with Gasteiger partial charge >= 0.3 is 10.3 Å². The fraction of sp³-hybridized carbons (Fsp3) is 0.348. The van der Waals surface area contributed by atoms with Crippen LogP contribution in [0.3, 0.4) is 0 Å². The number of hydrogen-bond acceptors (Lipinski definition) is 9. The maximum atomic E-state index is 13.5. The molecule has 14 heteroatoms. The second-order valence-electron chi connectivity index (χ2n) is 8.95. The van der Waals surface area contributed by atoms with E-state index in [9.17, 15) is 18.3 Å². The van der Waals surface area contributed by atoms with Crippen molar-refractivity contribution < 1.29 is 27.6 Å². The zero-order valence-electron chi connectivity index (χ0n) is 19.1. The van der Waals surface area contributed by atoms with Gasteiger partial charge in [-0.25, -0.2) is 9.97 Å². The van der Waals surface area contributed by atoms with Gasteiger partial charge in [0.25, 0.3) is 0 Å². The zero-order chi connectivity index (χ0) is 26.3. The van der Waals surface area contributed by atoms with Crippen LogP contribution < -0.4 is 10.0 Å². The Bertz CT molecular complexity index is 1450. The minimum Gasteiger partial charge on any atom is -0.393 e. The number of ether oxygens (including phenoxy) is 1. The average molecular weight is 585 g/mol. The van der Waals surface area contributed by atoms with Gasteiger partial charge in [-0.3, -0.25) is 9.35 Å². The van der Waals surface area contributed by atoms with Crippen molar-refractivity contribution in [2.24, 2.45) is 5.92 Å². The van der Waals surface area contributed by atoms with Crippen molar-refractivity contribution in [3.8, 4) is 0 Å². The highest BCUT2D eigenvalue weighted by molar-refractivity contribution is 7.83.